The maximum atomic E-state index is 12.5. The molecular formula is C19H22O6. The molecule has 1 aromatic rings. The van der Waals surface area contributed by atoms with Gasteiger partial charge >= 0.3 is 17.9 Å². The summed E-state index contributed by atoms with van der Waals surface area (Å²) in [5.41, 5.74) is 0.869. The van der Waals surface area contributed by atoms with E-state index in [1.807, 2.05) is 30.3 Å². The van der Waals surface area contributed by atoms with Gasteiger partial charge in [0.2, 0.25) is 0 Å². The highest BCUT2D eigenvalue weighted by Crippen LogP contribution is 2.25. The number of carbonyl (C=O) groups excluding carboxylic acids is 3. The summed E-state index contributed by atoms with van der Waals surface area (Å²) in [6, 6.07) is 9.27. The number of carbonyl (C=O) groups is 3. The van der Waals surface area contributed by atoms with Crippen molar-refractivity contribution < 1.29 is 28.6 Å². The number of esters is 3. The van der Waals surface area contributed by atoms with Crippen molar-refractivity contribution in [2.45, 2.75) is 32.8 Å². The van der Waals surface area contributed by atoms with Crippen molar-refractivity contribution in [3.63, 3.8) is 0 Å². The van der Waals surface area contributed by atoms with Gasteiger partial charge < -0.3 is 14.2 Å². The fraction of sp³-hybridized carbons (Fsp3) is 0.421. The number of benzene rings is 1. The van der Waals surface area contributed by atoms with E-state index in [1.54, 1.807) is 13.8 Å². The Kier molecular flexibility index (Phi) is 6.33. The van der Waals surface area contributed by atoms with Gasteiger partial charge in [0.15, 0.2) is 6.10 Å². The zero-order chi connectivity index (χ0) is 18.4. The predicted molar refractivity (Wildman–Crippen MR) is 89.2 cm³/mol. The van der Waals surface area contributed by atoms with Crippen LogP contribution in [0.2, 0.25) is 0 Å². The van der Waals surface area contributed by atoms with Crippen LogP contribution in [0.4, 0.5) is 0 Å². The van der Waals surface area contributed by atoms with Crippen LogP contribution in [0, 0.1) is 11.8 Å². The Bertz CT molecular complexity index is 649. The molecule has 6 nitrogen and oxygen atoms in total. The fourth-order valence-electron chi connectivity index (χ4n) is 2.41. The summed E-state index contributed by atoms with van der Waals surface area (Å²) in [4.78, 5) is 36.3. The van der Waals surface area contributed by atoms with Gasteiger partial charge in [0.1, 0.15) is 18.3 Å². The van der Waals surface area contributed by atoms with Crippen LogP contribution in [-0.4, -0.2) is 30.6 Å². The summed E-state index contributed by atoms with van der Waals surface area (Å²) in [5, 5.41) is 0. The molecule has 0 amide bonds. The van der Waals surface area contributed by atoms with E-state index in [0.717, 1.165) is 5.56 Å². The third-order valence-corrected chi connectivity index (χ3v) is 3.79. The quantitative estimate of drug-likeness (QED) is 0.615. The molecule has 0 unspecified atom stereocenters. The van der Waals surface area contributed by atoms with E-state index in [0.29, 0.717) is 0 Å². The molecule has 1 heterocycles. The van der Waals surface area contributed by atoms with Gasteiger partial charge in [-0.3, -0.25) is 14.4 Å². The first-order chi connectivity index (χ1) is 11.9. The standard InChI is InChI=1S/C19H22O6/c1-12(2)18(21)25-17-13(3)24-16(20)9-10-23-19(22)15(17)11-14-7-5-4-6-8-14/h4-8,12,15,17H,3,9-11H2,1-2H3/t15-,17+/m1/s1. The predicted octanol–water partition coefficient (Wildman–Crippen LogP) is 2.42. The van der Waals surface area contributed by atoms with Gasteiger partial charge in [0, 0.05) is 0 Å². The Morgan fingerprint density at radius 1 is 1.28 bits per heavy atom. The van der Waals surface area contributed by atoms with Gasteiger partial charge in [-0.25, -0.2) is 0 Å². The van der Waals surface area contributed by atoms with E-state index in [2.05, 4.69) is 6.58 Å². The van der Waals surface area contributed by atoms with E-state index in [-0.39, 0.29) is 25.2 Å². The Hall–Kier alpha value is -2.63. The summed E-state index contributed by atoms with van der Waals surface area (Å²) in [7, 11) is 0. The number of hydrogen-bond acceptors (Lipinski definition) is 6. The fourth-order valence-corrected chi connectivity index (χ4v) is 2.41. The first-order valence-electron chi connectivity index (χ1n) is 8.19. The van der Waals surface area contributed by atoms with E-state index in [1.165, 1.54) is 0 Å². The van der Waals surface area contributed by atoms with Crippen LogP contribution in [0.25, 0.3) is 0 Å². The van der Waals surface area contributed by atoms with E-state index >= 15 is 0 Å². The lowest BCUT2D eigenvalue weighted by Crippen LogP contribution is -2.37. The molecule has 0 saturated carbocycles. The third-order valence-electron chi connectivity index (χ3n) is 3.79. The SMILES string of the molecule is C=C1OC(=O)CCOC(=O)[C@H](Cc2ccccc2)[C@H]1OC(=O)C(C)C. The number of rotatable bonds is 4. The highest BCUT2D eigenvalue weighted by molar-refractivity contribution is 5.78. The zero-order valence-corrected chi connectivity index (χ0v) is 14.4. The van der Waals surface area contributed by atoms with Crippen LogP contribution >= 0.6 is 0 Å². The summed E-state index contributed by atoms with van der Waals surface area (Å²) in [6.45, 7) is 6.97. The first kappa shape index (κ1) is 18.7. The van der Waals surface area contributed by atoms with Crippen molar-refractivity contribution in [2.75, 3.05) is 6.61 Å². The Balaban J connectivity index is 2.33. The normalized spacial score (nSPS) is 21.6. The van der Waals surface area contributed by atoms with Crippen molar-refractivity contribution in [1.29, 1.82) is 0 Å². The molecule has 2 atom stereocenters. The highest BCUT2D eigenvalue weighted by Gasteiger charge is 2.38. The van der Waals surface area contributed by atoms with Crippen molar-refractivity contribution in [3.8, 4) is 0 Å². The van der Waals surface area contributed by atoms with Gasteiger partial charge in [-0.2, -0.15) is 0 Å². The monoisotopic (exact) mass is 346 g/mol. The molecule has 0 N–H and O–H groups in total. The molecule has 1 saturated heterocycles. The number of ether oxygens (including phenoxy) is 3. The minimum Gasteiger partial charge on any atom is -0.465 e. The van der Waals surface area contributed by atoms with Gasteiger partial charge in [-0.1, -0.05) is 50.8 Å². The topological polar surface area (TPSA) is 78.9 Å². The molecule has 1 aliphatic rings. The van der Waals surface area contributed by atoms with Crippen molar-refractivity contribution in [3.05, 3.63) is 48.2 Å². The molecule has 0 aliphatic carbocycles. The summed E-state index contributed by atoms with van der Waals surface area (Å²) >= 11 is 0. The average Bonchev–Trinajstić information content (AvgIpc) is 2.61. The van der Waals surface area contributed by atoms with Crippen LogP contribution in [0.5, 0.6) is 0 Å². The molecule has 0 spiro atoms. The maximum absolute atomic E-state index is 12.5. The molecule has 6 heteroatoms. The minimum absolute atomic E-state index is 0.0567. The lowest BCUT2D eigenvalue weighted by atomic mass is 9.92. The number of cyclic esters (lactones) is 2. The second kappa shape index (κ2) is 8.46. The Morgan fingerprint density at radius 2 is 1.96 bits per heavy atom. The van der Waals surface area contributed by atoms with Crippen molar-refractivity contribution >= 4 is 17.9 Å². The molecule has 25 heavy (non-hydrogen) atoms. The van der Waals surface area contributed by atoms with E-state index < -0.39 is 35.8 Å². The second-order valence-electron chi connectivity index (χ2n) is 6.17. The summed E-state index contributed by atoms with van der Waals surface area (Å²) < 4.78 is 15.7. The van der Waals surface area contributed by atoms with Gasteiger partial charge in [-0.15, -0.1) is 0 Å². The largest absolute Gasteiger partial charge is 0.465 e. The molecule has 0 aromatic heterocycles. The Labute approximate surface area is 146 Å². The van der Waals surface area contributed by atoms with Crippen LogP contribution < -0.4 is 0 Å². The van der Waals surface area contributed by atoms with Crippen LogP contribution in [-0.2, 0) is 35.0 Å². The molecular weight excluding hydrogens is 324 g/mol. The summed E-state index contributed by atoms with van der Waals surface area (Å²) in [5.74, 6) is -2.94. The second-order valence-corrected chi connectivity index (χ2v) is 6.17. The average molecular weight is 346 g/mol. The molecule has 0 radical (unpaired) electrons. The highest BCUT2D eigenvalue weighted by atomic mass is 16.6. The van der Waals surface area contributed by atoms with Crippen LogP contribution in [0.1, 0.15) is 25.8 Å². The summed E-state index contributed by atoms with van der Waals surface area (Å²) in [6.07, 6.45) is -0.899. The first-order valence-corrected chi connectivity index (χ1v) is 8.19. The zero-order valence-electron chi connectivity index (χ0n) is 14.4. The smallest absolute Gasteiger partial charge is 0.314 e. The lowest BCUT2D eigenvalue weighted by Gasteiger charge is -2.26. The van der Waals surface area contributed by atoms with Crippen molar-refractivity contribution in [1.82, 2.24) is 0 Å². The molecule has 1 fully saturated rings. The van der Waals surface area contributed by atoms with Crippen LogP contribution in [0.3, 0.4) is 0 Å². The van der Waals surface area contributed by atoms with Gasteiger partial charge in [0.05, 0.1) is 12.3 Å². The maximum Gasteiger partial charge on any atom is 0.314 e. The third kappa shape index (κ3) is 5.17. The molecule has 0 bridgehead atoms. The molecule has 134 valence electrons. The van der Waals surface area contributed by atoms with E-state index in [9.17, 15) is 14.4 Å². The molecule has 1 aliphatic heterocycles. The van der Waals surface area contributed by atoms with E-state index in [4.69, 9.17) is 14.2 Å². The van der Waals surface area contributed by atoms with Crippen LogP contribution in [0.15, 0.2) is 42.7 Å². The Morgan fingerprint density at radius 3 is 2.60 bits per heavy atom. The van der Waals surface area contributed by atoms with Gasteiger partial charge in [0.25, 0.3) is 0 Å². The molecule has 2 rings (SSSR count). The van der Waals surface area contributed by atoms with Gasteiger partial charge in [-0.05, 0) is 12.0 Å². The lowest BCUT2D eigenvalue weighted by molar-refractivity contribution is -0.163. The number of hydrogen-bond donors (Lipinski definition) is 0. The minimum atomic E-state index is -1.09. The van der Waals surface area contributed by atoms with Crippen molar-refractivity contribution in [2.24, 2.45) is 11.8 Å². The molecule has 1 aromatic carbocycles.